The fourth-order valence-corrected chi connectivity index (χ4v) is 3.95. The van der Waals surface area contributed by atoms with Gasteiger partial charge in [-0.15, -0.1) is 0 Å². The maximum absolute atomic E-state index is 14.2. The predicted molar refractivity (Wildman–Crippen MR) is 114 cm³/mol. The molecule has 2 atom stereocenters. The molecule has 1 aromatic rings. The summed E-state index contributed by atoms with van der Waals surface area (Å²) in [5.41, 5.74) is 0.613. The number of nitrogens with one attached hydrogen (secondary N) is 1. The molecule has 2 amide bonds. The van der Waals surface area contributed by atoms with Gasteiger partial charge >= 0.3 is 6.16 Å². The van der Waals surface area contributed by atoms with Crippen LogP contribution < -0.4 is 10.1 Å². The Bertz CT molecular complexity index is 818. The lowest BCUT2D eigenvalue weighted by Gasteiger charge is -2.23. The minimum atomic E-state index is -0.794. The van der Waals surface area contributed by atoms with Crippen LogP contribution in [0.4, 0.5) is 9.18 Å². The Kier molecular flexibility index (Phi) is 8.70. The van der Waals surface area contributed by atoms with Gasteiger partial charge in [0.2, 0.25) is 11.8 Å². The lowest BCUT2D eigenvalue weighted by molar-refractivity contribution is -0.131. The molecular formula is C23H31FN2O6. The van der Waals surface area contributed by atoms with Gasteiger partial charge in [-0.05, 0) is 49.8 Å². The van der Waals surface area contributed by atoms with E-state index < -0.39 is 24.1 Å². The molecular weight excluding hydrogens is 419 g/mol. The van der Waals surface area contributed by atoms with Gasteiger partial charge < -0.3 is 24.4 Å². The summed E-state index contributed by atoms with van der Waals surface area (Å²) in [6.07, 6.45) is 2.03. The van der Waals surface area contributed by atoms with Crippen molar-refractivity contribution >= 4 is 18.0 Å². The third-order valence-electron chi connectivity index (χ3n) is 5.53. The molecule has 176 valence electrons. The Labute approximate surface area is 187 Å². The van der Waals surface area contributed by atoms with Crippen molar-refractivity contribution in [2.45, 2.75) is 64.0 Å². The monoisotopic (exact) mass is 450 g/mol. The highest BCUT2D eigenvalue weighted by molar-refractivity contribution is 5.79. The van der Waals surface area contributed by atoms with Gasteiger partial charge in [0.05, 0.1) is 12.6 Å². The largest absolute Gasteiger partial charge is 0.508 e. The van der Waals surface area contributed by atoms with Crippen LogP contribution in [-0.4, -0.2) is 61.3 Å². The van der Waals surface area contributed by atoms with Crippen LogP contribution in [0.25, 0.3) is 0 Å². The summed E-state index contributed by atoms with van der Waals surface area (Å²) in [5.74, 6) is -0.270. The van der Waals surface area contributed by atoms with Gasteiger partial charge in [-0.3, -0.25) is 9.59 Å². The highest BCUT2D eigenvalue weighted by Gasteiger charge is 2.34. The molecule has 0 saturated carbocycles. The van der Waals surface area contributed by atoms with Gasteiger partial charge in [0.15, 0.2) is 6.10 Å². The number of hydrogen-bond donors (Lipinski definition) is 1. The fourth-order valence-electron chi connectivity index (χ4n) is 3.95. The molecule has 1 aromatic carbocycles. The van der Waals surface area contributed by atoms with E-state index in [-0.39, 0.29) is 31.3 Å². The first-order valence-electron chi connectivity index (χ1n) is 11.3. The van der Waals surface area contributed by atoms with E-state index in [1.54, 1.807) is 6.07 Å². The summed E-state index contributed by atoms with van der Waals surface area (Å²) >= 11 is 0. The number of nitrogens with zero attached hydrogens (tertiary/aromatic N) is 1. The molecule has 2 heterocycles. The summed E-state index contributed by atoms with van der Waals surface area (Å²) in [5, 5.41) is 2.87. The van der Waals surface area contributed by atoms with Gasteiger partial charge in [0.1, 0.15) is 18.2 Å². The van der Waals surface area contributed by atoms with E-state index in [1.165, 1.54) is 12.1 Å². The van der Waals surface area contributed by atoms with Crippen molar-refractivity contribution in [3.05, 3.63) is 29.6 Å². The first-order valence-corrected chi connectivity index (χ1v) is 11.3. The van der Waals surface area contributed by atoms with E-state index in [1.807, 2.05) is 11.8 Å². The number of fused-ring (bicyclic) bond motifs is 2. The fraction of sp³-hybridized carbons (Fsp3) is 0.609. The minimum Gasteiger partial charge on any atom is -0.493 e. The van der Waals surface area contributed by atoms with Crippen LogP contribution in [0.3, 0.4) is 0 Å². The molecule has 1 saturated heterocycles. The molecule has 9 heteroatoms. The van der Waals surface area contributed by atoms with Gasteiger partial charge in [-0.2, -0.15) is 0 Å². The maximum atomic E-state index is 14.2. The maximum Gasteiger partial charge on any atom is 0.508 e. The van der Waals surface area contributed by atoms with Crippen molar-refractivity contribution in [1.29, 1.82) is 0 Å². The minimum absolute atomic E-state index is 0.00686. The molecule has 2 aliphatic heterocycles. The van der Waals surface area contributed by atoms with Crippen LogP contribution in [0.5, 0.6) is 5.75 Å². The van der Waals surface area contributed by atoms with Crippen molar-refractivity contribution in [1.82, 2.24) is 10.2 Å². The third kappa shape index (κ3) is 7.10. The lowest BCUT2D eigenvalue weighted by Crippen LogP contribution is -2.46. The second kappa shape index (κ2) is 11.7. The van der Waals surface area contributed by atoms with Crippen molar-refractivity contribution < 1.29 is 33.0 Å². The molecule has 2 aliphatic rings. The zero-order valence-corrected chi connectivity index (χ0v) is 18.4. The molecule has 2 unspecified atom stereocenters. The van der Waals surface area contributed by atoms with Crippen molar-refractivity contribution in [3.8, 4) is 5.75 Å². The van der Waals surface area contributed by atoms with Gasteiger partial charge in [-0.25, -0.2) is 9.18 Å². The molecule has 0 spiro atoms. The first kappa shape index (κ1) is 23.8. The highest BCUT2D eigenvalue weighted by atomic mass is 19.1. The zero-order chi connectivity index (χ0) is 22.9. The third-order valence-corrected chi connectivity index (χ3v) is 5.53. The van der Waals surface area contributed by atoms with E-state index in [0.717, 1.165) is 19.3 Å². The van der Waals surface area contributed by atoms with Gasteiger partial charge in [0.25, 0.3) is 0 Å². The smallest absolute Gasteiger partial charge is 0.493 e. The number of carbonyl (C=O) groups excluding carboxylic acids is 3. The second-order valence-electron chi connectivity index (χ2n) is 8.18. The van der Waals surface area contributed by atoms with Crippen molar-refractivity contribution in [3.63, 3.8) is 0 Å². The van der Waals surface area contributed by atoms with E-state index in [4.69, 9.17) is 14.2 Å². The molecule has 32 heavy (non-hydrogen) atoms. The van der Waals surface area contributed by atoms with Crippen LogP contribution in [-0.2, 0) is 25.5 Å². The quantitative estimate of drug-likeness (QED) is 0.712. The summed E-state index contributed by atoms with van der Waals surface area (Å²) in [6.45, 7) is 3.74. The number of hydrogen-bond acceptors (Lipinski definition) is 6. The van der Waals surface area contributed by atoms with E-state index in [0.29, 0.717) is 43.9 Å². The SMILES string of the molecule is CCCN1CCCCOc2cc(F)cc(c2)CC(C2COC(=O)O2)NC(=O)CCCC1=O. The Morgan fingerprint density at radius 2 is 1.94 bits per heavy atom. The summed E-state index contributed by atoms with van der Waals surface area (Å²) in [7, 11) is 0. The van der Waals surface area contributed by atoms with Crippen molar-refractivity contribution in [2.24, 2.45) is 0 Å². The van der Waals surface area contributed by atoms with Gasteiger partial charge in [0, 0.05) is 32.0 Å². The van der Waals surface area contributed by atoms with Gasteiger partial charge in [-0.1, -0.05) is 6.92 Å². The number of rotatable bonds is 3. The molecule has 8 nitrogen and oxygen atoms in total. The van der Waals surface area contributed by atoms with E-state index >= 15 is 0 Å². The van der Waals surface area contributed by atoms with Crippen LogP contribution >= 0.6 is 0 Å². The molecule has 2 bridgehead atoms. The predicted octanol–water partition coefficient (Wildman–Crippen LogP) is 2.97. The summed E-state index contributed by atoms with van der Waals surface area (Å²) in [6, 6.07) is 3.83. The summed E-state index contributed by atoms with van der Waals surface area (Å²) < 4.78 is 30.0. The Balaban J connectivity index is 1.77. The molecule has 3 rings (SSSR count). The topological polar surface area (TPSA) is 94.2 Å². The molecule has 1 fully saturated rings. The Morgan fingerprint density at radius 1 is 1.09 bits per heavy atom. The van der Waals surface area contributed by atoms with Crippen LogP contribution in [0, 0.1) is 5.82 Å². The van der Waals surface area contributed by atoms with Crippen LogP contribution in [0.15, 0.2) is 18.2 Å². The Hall–Kier alpha value is -2.84. The number of amides is 2. The molecule has 0 radical (unpaired) electrons. The van der Waals surface area contributed by atoms with E-state index in [9.17, 15) is 18.8 Å². The molecule has 0 aromatic heterocycles. The van der Waals surface area contributed by atoms with Crippen molar-refractivity contribution in [2.75, 3.05) is 26.3 Å². The van der Waals surface area contributed by atoms with Crippen LogP contribution in [0.1, 0.15) is 51.0 Å². The normalized spacial score (nSPS) is 23.6. The van der Waals surface area contributed by atoms with Crippen LogP contribution in [0.2, 0.25) is 0 Å². The molecule has 0 aliphatic carbocycles. The second-order valence-corrected chi connectivity index (χ2v) is 8.18. The van der Waals surface area contributed by atoms with E-state index in [2.05, 4.69) is 5.32 Å². The number of cyclic esters (lactones) is 2. The summed E-state index contributed by atoms with van der Waals surface area (Å²) in [4.78, 5) is 38.4. The molecule has 1 N–H and O–H groups in total. The average Bonchev–Trinajstić information content (AvgIpc) is 3.17. The standard InChI is InChI=1S/C23H31FN2O6/c1-2-8-26-9-3-4-10-30-18-12-16(11-17(24)14-18)13-19(20-15-31-23(29)32-20)25-21(27)6-5-7-22(26)28/h11-12,14,19-20H,2-10,13,15H2,1H3,(H,25,27). The Morgan fingerprint density at radius 3 is 2.69 bits per heavy atom. The number of benzene rings is 1. The number of carbonyl (C=O) groups is 3. The zero-order valence-electron chi connectivity index (χ0n) is 18.4. The highest BCUT2D eigenvalue weighted by Crippen LogP contribution is 2.21. The average molecular weight is 451 g/mol. The lowest BCUT2D eigenvalue weighted by atomic mass is 10.0. The number of halogens is 1. The first-order chi connectivity index (χ1) is 15.4. The number of ether oxygens (including phenoxy) is 3.